The summed E-state index contributed by atoms with van der Waals surface area (Å²) >= 11 is 0. The van der Waals surface area contributed by atoms with Crippen molar-refractivity contribution in [2.45, 2.75) is 92.0 Å². The van der Waals surface area contributed by atoms with Crippen LogP contribution in [-0.2, 0) is 4.79 Å². The van der Waals surface area contributed by atoms with Gasteiger partial charge in [0.15, 0.2) is 0 Å². The molecule has 0 bridgehead atoms. The van der Waals surface area contributed by atoms with Crippen LogP contribution in [0.5, 0.6) is 0 Å². The van der Waals surface area contributed by atoms with Crippen LogP contribution < -0.4 is 5.56 Å². The van der Waals surface area contributed by atoms with Crippen LogP contribution in [0, 0.1) is 12.8 Å². The molecule has 0 spiro atoms. The van der Waals surface area contributed by atoms with Crippen molar-refractivity contribution in [1.82, 2.24) is 14.5 Å². The first-order valence-corrected chi connectivity index (χ1v) is 13.7. The summed E-state index contributed by atoms with van der Waals surface area (Å²) in [5.41, 5.74) is 2.43. The van der Waals surface area contributed by atoms with Gasteiger partial charge in [-0.1, -0.05) is 77.1 Å². The third-order valence-electron chi connectivity index (χ3n) is 6.91. The van der Waals surface area contributed by atoms with Crippen LogP contribution >= 0.6 is 0 Å². The average molecular weight is 490 g/mol. The van der Waals surface area contributed by atoms with Gasteiger partial charge in [0.2, 0.25) is 5.91 Å². The van der Waals surface area contributed by atoms with Gasteiger partial charge in [-0.05, 0) is 62.4 Å². The monoisotopic (exact) mass is 489 g/mol. The second-order valence-corrected chi connectivity index (χ2v) is 10.4. The molecule has 36 heavy (non-hydrogen) atoms. The third-order valence-corrected chi connectivity index (χ3v) is 6.91. The van der Waals surface area contributed by atoms with E-state index in [0.717, 1.165) is 30.5 Å². The van der Waals surface area contributed by atoms with Crippen molar-refractivity contribution < 1.29 is 4.79 Å². The summed E-state index contributed by atoms with van der Waals surface area (Å²) < 4.78 is 1.71. The summed E-state index contributed by atoms with van der Waals surface area (Å²) in [6, 6.07) is 15.1. The van der Waals surface area contributed by atoms with Crippen LogP contribution in [0.3, 0.4) is 0 Å². The minimum absolute atomic E-state index is 0.0970. The fourth-order valence-corrected chi connectivity index (χ4v) is 4.72. The zero-order chi connectivity index (χ0) is 26.1. The molecule has 2 aromatic carbocycles. The number of benzene rings is 2. The lowest BCUT2D eigenvalue weighted by Crippen LogP contribution is -2.38. The lowest BCUT2D eigenvalue weighted by molar-refractivity contribution is -0.133. The van der Waals surface area contributed by atoms with Crippen molar-refractivity contribution in [2.24, 2.45) is 5.92 Å². The molecule has 1 aromatic heterocycles. The molecular weight excluding hydrogens is 446 g/mol. The second kappa shape index (κ2) is 13.4. The molecule has 0 saturated carbocycles. The number of aryl methyl sites for hydroxylation is 1. The number of carbonyl (C=O) groups is 1. The summed E-state index contributed by atoms with van der Waals surface area (Å²) in [5.74, 6) is 1.24. The second-order valence-electron chi connectivity index (χ2n) is 10.4. The highest BCUT2D eigenvalue weighted by Crippen LogP contribution is 2.25. The molecule has 1 amide bonds. The zero-order valence-corrected chi connectivity index (χ0v) is 22.8. The van der Waals surface area contributed by atoms with Crippen molar-refractivity contribution >= 4 is 16.8 Å². The number of rotatable bonds is 13. The summed E-state index contributed by atoms with van der Waals surface area (Å²) in [6.07, 6.45) is 8.34. The molecule has 0 N–H and O–H groups in total. The predicted molar refractivity (Wildman–Crippen MR) is 150 cm³/mol. The first-order chi connectivity index (χ1) is 17.3. The molecule has 0 radical (unpaired) electrons. The largest absolute Gasteiger partial charge is 0.333 e. The predicted octanol–water partition coefficient (Wildman–Crippen LogP) is 7.38. The molecule has 0 fully saturated rings. The third kappa shape index (κ3) is 7.05. The Morgan fingerprint density at radius 1 is 0.972 bits per heavy atom. The molecule has 0 aliphatic carbocycles. The summed E-state index contributed by atoms with van der Waals surface area (Å²) in [7, 11) is 0. The van der Waals surface area contributed by atoms with Crippen LogP contribution in [0.4, 0.5) is 0 Å². The van der Waals surface area contributed by atoms with Crippen LogP contribution in [0.25, 0.3) is 16.6 Å². The number of para-hydroxylation sites is 1. The van der Waals surface area contributed by atoms with Gasteiger partial charge in [-0.2, -0.15) is 0 Å². The molecular formula is C31H43N3O2. The van der Waals surface area contributed by atoms with Gasteiger partial charge in [0.25, 0.3) is 5.56 Å². The highest BCUT2D eigenvalue weighted by Gasteiger charge is 2.26. The van der Waals surface area contributed by atoms with Crippen LogP contribution in [0.2, 0.25) is 0 Å². The summed E-state index contributed by atoms with van der Waals surface area (Å²) in [6.45, 7) is 11.3. The Bertz CT molecular complexity index is 1200. The Balaban J connectivity index is 1.99. The Labute approximate surface area is 216 Å². The Morgan fingerprint density at radius 3 is 2.42 bits per heavy atom. The molecule has 3 aromatic rings. The number of hydrogen-bond acceptors (Lipinski definition) is 3. The topological polar surface area (TPSA) is 55.2 Å². The Kier molecular flexibility index (Phi) is 10.3. The molecule has 0 aliphatic heterocycles. The van der Waals surface area contributed by atoms with Crippen molar-refractivity contribution in [3.05, 3.63) is 70.3 Å². The fraction of sp³-hybridized carbons (Fsp3) is 0.516. The molecule has 1 heterocycles. The van der Waals surface area contributed by atoms with E-state index in [4.69, 9.17) is 4.98 Å². The van der Waals surface area contributed by atoms with Crippen molar-refractivity contribution in [3.8, 4) is 5.69 Å². The molecule has 0 aliphatic rings. The Morgan fingerprint density at radius 2 is 1.69 bits per heavy atom. The molecule has 1 atom stereocenters. The standard InChI is InChI=1S/C31H43N3O2/c1-6-7-8-9-10-11-19-29(35)33(21-20-23(2)3)25(5)30-32-28-18-13-12-17-27(28)31(36)34(30)26-16-14-15-24(4)22-26/h12-18,22-23,25H,6-11,19-21H2,1-5H3. The van der Waals surface area contributed by atoms with E-state index in [0.29, 0.717) is 35.6 Å². The average Bonchev–Trinajstić information content (AvgIpc) is 2.86. The number of aromatic nitrogens is 2. The Hall–Kier alpha value is -2.95. The fourth-order valence-electron chi connectivity index (χ4n) is 4.72. The van der Waals surface area contributed by atoms with E-state index in [1.165, 1.54) is 25.7 Å². The molecule has 1 unspecified atom stereocenters. The minimum atomic E-state index is -0.325. The van der Waals surface area contributed by atoms with Gasteiger partial charge in [0.05, 0.1) is 22.6 Å². The van der Waals surface area contributed by atoms with E-state index in [-0.39, 0.29) is 17.5 Å². The van der Waals surface area contributed by atoms with Crippen molar-refractivity contribution in [1.29, 1.82) is 0 Å². The van der Waals surface area contributed by atoms with Crippen LogP contribution in [0.15, 0.2) is 53.3 Å². The van der Waals surface area contributed by atoms with Gasteiger partial charge in [-0.3, -0.25) is 14.2 Å². The van der Waals surface area contributed by atoms with Gasteiger partial charge in [0, 0.05) is 13.0 Å². The number of fused-ring (bicyclic) bond motifs is 1. The first kappa shape index (κ1) is 27.6. The summed E-state index contributed by atoms with van der Waals surface area (Å²) in [4.78, 5) is 34.2. The first-order valence-electron chi connectivity index (χ1n) is 13.7. The highest BCUT2D eigenvalue weighted by atomic mass is 16.2. The maximum absolute atomic E-state index is 13.7. The highest BCUT2D eigenvalue weighted by molar-refractivity contribution is 5.79. The lowest BCUT2D eigenvalue weighted by atomic mass is 10.1. The smallest absolute Gasteiger partial charge is 0.266 e. The molecule has 3 rings (SSSR count). The maximum Gasteiger partial charge on any atom is 0.266 e. The molecule has 5 nitrogen and oxygen atoms in total. The van der Waals surface area contributed by atoms with Gasteiger partial charge in [0.1, 0.15) is 5.82 Å². The molecule has 5 heteroatoms. The van der Waals surface area contributed by atoms with Gasteiger partial charge in [-0.25, -0.2) is 4.98 Å². The minimum Gasteiger partial charge on any atom is -0.333 e. The zero-order valence-electron chi connectivity index (χ0n) is 22.8. The number of amides is 1. The van der Waals surface area contributed by atoms with Crippen molar-refractivity contribution in [3.63, 3.8) is 0 Å². The van der Waals surface area contributed by atoms with E-state index >= 15 is 0 Å². The van der Waals surface area contributed by atoms with Gasteiger partial charge in [-0.15, -0.1) is 0 Å². The quantitative estimate of drug-likeness (QED) is 0.235. The van der Waals surface area contributed by atoms with E-state index in [1.54, 1.807) is 4.57 Å². The van der Waals surface area contributed by atoms with Crippen molar-refractivity contribution in [2.75, 3.05) is 6.54 Å². The molecule has 194 valence electrons. The maximum atomic E-state index is 13.7. The van der Waals surface area contributed by atoms with Crippen LogP contribution in [0.1, 0.15) is 96.5 Å². The van der Waals surface area contributed by atoms with E-state index in [9.17, 15) is 9.59 Å². The lowest BCUT2D eigenvalue weighted by Gasteiger charge is -2.31. The van der Waals surface area contributed by atoms with E-state index in [1.807, 2.05) is 67.3 Å². The van der Waals surface area contributed by atoms with Gasteiger partial charge >= 0.3 is 0 Å². The normalized spacial score (nSPS) is 12.3. The molecule has 0 saturated heterocycles. The number of carbonyl (C=O) groups excluding carboxylic acids is 1. The number of unbranched alkanes of at least 4 members (excludes halogenated alkanes) is 5. The van der Waals surface area contributed by atoms with E-state index < -0.39 is 0 Å². The number of nitrogens with zero attached hydrogens (tertiary/aromatic N) is 3. The SMILES string of the molecule is CCCCCCCCC(=O)N(CCC(C)C)C(C)c1nc2ccccc2c(=O)n1-c1cccc(C)c1. The van der Waals surface area contributed by atoms with Crippen LogP contribution in [-0.4, -0.2) is 26.9 Å². The summed E-state index contributed by atoms with van der Waals surface area (Å²) in [5, 5.41) is 0.585. The van der Waals surface area contributed by atoms with E-state index in [2.05, 4.69) is 20.8 Å². The number of hydrogen-bond donors (Lipinski definition) is 0. The van der Waals surface area contributed by atoms with Gasteiger partial charge < -0.3 is 4.90 Å².